The van der Waals surface area contributed by atoms with Crippen molar-refractivity contribution in [3.63, 3.8) is 0 Å². The van der Waals surface area contributed by atoms with Gasteiger partial charge in [0.05, 0.1) is 12.7 Å². The summed E-state index contributed by atoms with van der Waals surface area (Å²) in [5, 5.41) is 0.522. The highest BCUT2D eigenvalue weighted by atomic mass is 35.5. The fraction of sp³-hybridized carbons (Fsp3) is 0.529. The van der Waals surface area contributed by atoms with Crippen molar-refractivity contribution in [2.75, 3.05) is 33.3 Å². The van der Waals surface area contributed by atoms with E-state index in [0.29, 0.717) is 42.5 Å². The van der Waals surface area contributed by atoms with Crippen molar-refractivity contribution in [1.82, 2.24) is 9.80 Å². The van der Waals surface area contributed by atoms with Crippen LogP contribution in [-0.4, -0.2) is 54.9 Å². The standard InChI is InChI=1S/C17H21ClN2O3/c1-11-9-13(18)10-14(15(11)23-2)17(22)20-7-5-19(6-8-20)16(21)12-3-4-12/h9-10,12H,3-8H2,1-2H3. The Morgan fingerprint density at radius 2 is 1.74 bits per heavy atom. The molecule has 3 rings (SSSR count). The summed E-state index contributed by atoms with van der Waals surface area (Å²) in [7, 11) is 1.55. The third-order valence-corrected chi connectivity index (χ3v) is 4.70. The highest BCUT2D eigenvalue weighted by molar-refractivity contribution is 6.31. The van der Waals surface area contributed by atoms with Gasteiger partial charge in [0.2, 0.25) is 5.91 Å². The smallest absolute Gasteiger partial charge is 0.257 e. The largest absolute Gasteiger partial charge is 0.496 e. The SMILES string of the molecule is COc1c(C)cc(Cl)cc1C(=O)N1CCN(C(=O)C2CC2)CC1. The Balaban J connectivity index is 1.71. The number of nitrogens with zero attached hydrogens (tertiary/aromatic N) is 2. The van der Waals surface area contributed by atoms with E-state index in [-0.39, 0.29) is 17.7 Å². The second-order valence-electron chi connectivity index (χ2n) is 6.20. The van der Waals surface area contributed by atoms with Gasteiger partial charge in [0.1, 0.15) is 5.75 Å². The van der Waals surface area contributed by atoms with E-state index in [1.165, 1.54) is 0 Å². The van der Waals surface area contributed by atoms with Crippen molar-refractivity contribution in [2.24, 2.45) is 5.92 Å². The lowest BCUT2D eigenvalue weighted by Gasteiger charge is -2.35. The number of piperazine rings is 1. The molecule has 0 N–H and O–H groups in total. The Hall–Kier alpha value is -1.75. The molecule has 1 aliphatic heterocycles. The average molecular weight is 337 g/mol. The summed E-state index contributed by atoms with van der Waals surface area (Å²) in [6.45, 7) is 4.16. The lowest BCUT2D eigenvalue weighted by atomic mass is 10.1. The number of benzene rings is 1. The maximum Gasteiger partial charge on any atom is 0.257 e. The molecule has 1 saturated carbocycles. The first-order valence-electron chi connectivity index (χ1n) is 7.93. The van der Waals surface area contributed by atoms with Crippen LogP contribution in [0.4, 0.5) is 0 Å². The first kappa shape index (κ1) is 16.1. The molecule has 1 aromatic carbocycles. The zero-order valence-corrected chi connectivity index (χ0v) is 14.2. The molecule has 1 aliphatic carbocycles. The fourth-order valence-electron chi connectivity index (χ4n) is 3.05. The van der Waals surface area contributed by atoms with Gasteiger partial charge in [0.25, 0.3) is 5.91 Å². The van der Waals surface area contributed by atoms with Crippen LogP contribution in [0.15, 0.2) is 12.1 Å². The number of methoxy groups -OCH3 is 1. The summed E-state index contributed by atoms with van der Waals surface area (Å²) in [6, 6.07) is 3.43. The molecule has 23 heavy (non-hydrogen) atoms. The van der Waals surface area contributed by atoms with Crippen molar-refractivity contribution in [3.05, 3.63) is 28.3 Å². The maximum atomic E-state index is 12.8. The monoisotopic (exact) mass is 336 g/mol. The summed E-state index contributed by atoms with van der Waals surface area (Å²) in [4.78, 5) is 28.5. The summed E-state index contributed by atoms with van der Waals surface area (Å²) >= 11 is 6.09. The molecule has 124 valence electrons. The maximum absolute atomic E-state index is 12.8. The number of hydrogen-bond donors (Lipinski definition) is 0. The summed E-state index contributed by atoms with van der Waals surface area (Å²) in [5.74, 6) is 0.947. The fourth-order valence-corrected chi connectivity index (χ4v) is 3.32. The second kappa shape index (κ2) is 6.40. The molecule has 2 amide bonds. The average Bonchev–Trinajstić information content (AvgIpc) is 3.38. The third kappa shape index (κ3) is 3.29. The van der Waals surface area contributed by atoms with Crippen molar-refractivity contribution >= 4 is 23.4 Å². The quantitative estimate of drug-likeness (QED) is 0.851. The van der Waals surface area contributed by atoms with Crippen LogP contribution in [0.25, 0.3) is 0 Å². The van der Waals surface area contributed by atoms with Crippen LogP contribution in [0.3, 0.4) is 0 Å². The molecule has 2 fully saturated rings. The van der Waals surface area contributed by atoms with Crippen molar-refractivity contribution in [1.29, 1.82) is 0 Å². The van der Waals surface area contributed by atoms with Crippen LogP contribution >= 0.6 is 11.6 Å². The van der Waals surface area contributed by atoms with Gasteiger partial charge in [-0.2, -0.15) is 0 Å². The lowest BCUT2D eigenvalue weighted by molar-refractivity contribution is -0.134. The van der Waals surface area contributed by atoms with Crippen molar-refractivity contribution in [3.8, 4) is 5.75 Å². The van der Waals surface area contributed by atoms with Crippen LogP contribution in [0, 0.1) is 12.8 Å². The number of hydrogen-bond acceptors (Lipinski definition) is 3. The van der Waals surface area contributed by atoms with Gasteiger partial charge in [-0.1, -0.05) is 11.6 Å². The molecule has 0 atom stereocenters. The molecule has 0 aromatic heterocycles. The van der Waals surface area contributed by atoms with Gasteiger partial charge < -0.3 is 14.5 Å². The highest BCUT2D eigenvalue weighted by Crippen LogP contribution is 2.32. The number of carbonyl (C=O) groups is 2. The van der Waals surface area contributed by atoms with Gasteiger partial charge in [0, 0.05) is 37.1 Å². The van der Waals surface area contributed by atoms with Crippen LogP contribution < -0.4 is 4.74 Å². The van der Waals surface area contributed by atoms with E-state index >= 15 is 0 Å². The number of carbonyl (C=O) groups excluding carboxylic acids is 2. The van der Waals surface area contributed by atoms with Crippen molar-refractivity contribution in [2.45, 2.75) is 19.8 Å². The van der Waals surface area contributed by atoms with E-state index in [4.69, 9.17) is 16.3 Å². The number of halogens is 1. The van der Waals surface area contributed by atoms with Crippen LogP contribution in [-0.2, 0) is 4.79 Å². The van der Waals surface area contributed by atoms with Crippen LogP contribution in [0.2, 0.25) is 5.02 Å². The van der Waals surface area contributed by atoms with E-state index in [2.05, 4.69) is 0 Å². The van der Waals surface area contributed by atoms with E-state index in [9.17, 15) is 9.59 Å². The molecule has 5 nitrogen and oxygen atoms in total. The minimum Gasteiger partial charge on any atom is -0.496 e. The predicted molar refractivity (Wildman–Crippen MR) is 87.9 cm³/mol. The molecule has 0 radical (unpaired) electrons. The topological polar surface area (TPSA) is 49.9 Å². The molecule has 2 aliphatic rings. The molecule has 1 heterocycles. The second-order valence-corrected chi connectivity index (χ2v) is 6.63. The zero-order valence-electron chi connectivity index (χ0n) is 13.5. The third-order valence-electron chi connectivity index (χ3n) is 4.48. The summed E-state index contributed by atoms with van der Waals surface area (Å²) in [6.07, 6.45) is 2.02. The van der Waals surface area contributed by atoms with Crippen LogP contribution in [0.5, 0.6) is 5.75 Å². The summed E-state index contributed by atoms with van der Waals surface area (Å²) in [5.41, 5.74) is 1.32. The Morgan fingerprint density at radius 1 is 1.13 bits per heavy atom. The Kier molecular flexibility index (Phi) is 4.48. The number of rotatable bonds is 3. The van der Waals surface area contributed by atoms with Gasteiger partial charge in [-0.25, -0.2) is 0 Å². The normalized spacial score (nSPS) is 18.0. The Bertz CT molecular complexity index is 635. The molecule has 0 spiro atoms. The highest BCUT2D eigenvalue weighted by Gasteiger charge is 2.35. The Morgan fingerprint density at radius 3 is 2.30 bits per heavy atom. The molecule has 1 saturated heterocycles. The molecule has 6 heteroatoms. The minimum absolute atomic E-state index is 0.0917. The first-order chi connectivity index (χ1) is 11.0. The predicted octanol–water partition coefficient (Wildman–Crippen LogP) is 2.35. The number of amides is 2. The molecule has 1 aromatic rings. The molecule has 0 bridgehead atoms. The Labute approximate surface area is 141 Å². The lowest BCUT2D eigenvalue weighted by Crippen LogP contribution is -2.51. The summed E-state index contributed by atoms with van der Waals surface area (Å²) < 4.78 is 5.37. The molecular weight excluding hydrogens is 316 g/mol. The van der Waals surface area contributed by atoms with E-state index < -0.39 is 0 Å². The van der Waals surface area contributed by atoms with Gasteiger partial charge in [-0.3, -0.25) is 9.59 Å². The van der Waals surface area contributed by atoms with E-state index in [0.717, 1.165) is 18.4 Å². The number of ether oxygens (including phenoxy) is 1. The van der Waals surface area contributed by atoms with Crippen molar-refractivity contribution < 1.29 is 14.3 Å². The van der Waals surface area contributed by atoms with Gasteiger partial charge in [-0.15, -0.1) is 0 Å². The minimum atomic E-state index is -0.0917. The van der Waals surface area contributed by atoms with E-state index in [1.807, 2.05) is 11.8 Å². The van der Waals surface area contributed by atoms with Gasteiger partial charge in [0.15, 0.2) is 0 Å². The zero-order chi connectivity index (χ0) is 16.6. The number of aryl methyl sites for hydroxylation is 1. The molecule has 0 unspecified atom stereocenters. The molecular formula is C17H21ClN2O3. The van der Waals surface area contributed by atoms with Gasteiger partial charge >= 0.3 is 0 Å². The first-order valence-corrected chi connectivity index (χ1v) is 8.31. The van der Waals surface area contributed by atoms with E-state index in [1.54, 1.807) is 24.1 Å². The van der Waals surface area contributed by atoms with Gasteiger partial charge in [-0.05, 0) is 37.5 Å². The van der Waals surface area contributed by atoms with Crippen LogP contribution in [0.1, 0.15) is 28.8 Å².